The molecule has 0 radical (unpaired) electrons. The molecule has 0 atom stereocenters. The lowest BCUT2D eigenvalue weighted by molar-refractivity contribution is 0.102. The van der Waals surface area contributed by atoms with Gasteiger partial charge < -0.3 is 10.1 Å². The van der Waals surface area contributed by atoms with Crippen molar-refractivity contribution < 1.29 is 9.53 Å². The molecule has 0 saturated carbocycles. The fourth-order valence-corrected chi connectivity index (χ4v) is 3.38. The minimum Gasteiger partial charge on any atom is -0.497 e. The van der Waals surface area contributed by atoms with Crippen LogP contribution in [0.1, 0.15) is 15.9 Å². The van der Waals surface area contributed by atoms with Crippen LogP contribution in [0.4, 0.5) is 5.69 Å². The molecule has 0 saturated heterocycles. The lowest BCUT2D eigenvalue weighted by Gasteiger charge is -2.13. The number of pyridine rings is 1. The second-order valence-electron chi connectivity index (χ2n) is 6.67. The molecule has 1 heterocycles. The van der Waals surface area contributed by atoms with Gasteiger partial charge in [0, 0.05) is 21.7 Å². The highest BCUT2D eigenvalue weighted by Crippen LogP contribution is 2.28. The van der Waals surface area contributed by atoms with Crippen molar-refractivity contribution in [1.29, 1.82) is 0 Å². The number of aromatic nitrogens is 1. The molecule has 0 bridgehead atoms. The summed E-state index contributed by atoms with van der Waals surface area (Å²) in [6.07, 6.45) is 0. The number of benzene rings is 3. The van der Waals surface area contributed by atoms with Gasteiger partial charge in [-0.05, 0) is 61.0 Å². The van der Waals surface area contributed by atoms with Gasteiger partial charge in [0.15, 0.2) is 0 Å². The predicted octanol–water partition coefficient (Wildman–Crippen LogP) is 6.12. The number of hydrogen-bond donors (Lipinski definition) is 1. The summed E-state index contributed by atoms with van der Waals surface area (Å²) in [6.45, 7) is 1.88. The first kappa shape index (κ1) is 19.0. The van der Waals surface area contributed by atoms with Gasteiger partial charge in [0.1, 0.15) is 5.75 Å². The smallest absolute Gasteiger partial charge is 0.256 e. The van der Waals surface area contributed by atoms with Crippen molar-refractivity contribution in [2.45, 2.75) is 6.92 Å². The highest BCUT2D eigenvalue weighted by Gasteiger charge is 2.15. The number of para-hydroxylation sites is 1. The van der Waals surface area contributed by atoms with Gasteiger partial charge in [-0.15, -0.1) is 0 Å². The summed E-state index contributed by atoms with van der Waals surface area (Å²) in [5, 5.41) is 4.39. The summed E-state index contributed by atoms with van der Waals surface area (Å²) in [6, 6.07) is 22.5. The summed E-state index contributed by atoms with van der Waals surface area (Å²) < 4.78 is 5.23. The minimum atomic E-state index is -0.205. The van der Waals surface area contributed by atoms with Crippen molar-refractivity contribution in [1.82, 2.24) is 4.98 Å². The maximum absolute atomic E-state index is 13.2. The summed E-state index contributed by atoms with van der Waals surface area (Å²) in [5.41, 5.74) is 4.46. The van der Waals surface area contributed by atoms with Crippen LogP contribution in [0.5, 0.6) is 5.75 Å². The summed E-state index contributed by atoms with van der Waals surface area (Å²) in [5.74, 6) is 0.563. The molecule has 3 aromatic carbocycles. The molecule has 0 aliphatic heterocycles. The quantitative estimate of drug-likeness (QED) is 0.447. The minimum absolute atomic E-state index is 0.205. The fourth-order valence-electron chi connectivity index (χ4n) is 3.21. The van der Waals surface area contributed by atoms with Gasteiger partial charge in [-0.2, -0.15) is 0 Å². The summed E-state index contributed by atoms with van der Waals surface area (Å²) >= 11 is 6.20. The number of nitrogens with one attached hydrogen (secondary N) is 1. The van der Waals surface area contributed by atoms with E-state index in [4.69, 9.17) is 21.3 Å². The molecule has 4 nitrogen and oxygen atoms in total. The second kappa shape index (κ2) is 7.94. The van der Waals surface area contributed by atoms with Crippen LogP contribution in [0.25, 0.3) is 22.2 Å². The van der Waals surface area contributed by atoms with Crippen molar-refractivity contribution in [3.05, 3.63) is 88.9 Å². The van der Waals surface area contributed by atoms with Crippen LogP contribution in [0.3, 0.4) is 0 Å². The number of amides is 1. The maximum Gasteiger partial charge on any atom is 0.256 e. The van der Waals surface area contributed by atoms with E-state index in [2.05, 4.69) is 5.32 Å². The molecule has 144 valence electrons. The molecule has 1 amide bonds. The number of hydrogen-bond acceptors (Lipinski definition) is 3. The van der Waals surface area contributed by atoms with Crippen LogP contribution in [0, 0.1) is 6.92 Å². The third-order valence-corrected chi connectivity index (χ3v) is 5.27. The molecule has 0 spiro atoms. The Hall–Kier alpha value is -3.37. The normalized spacial score (nSPS) is 10.7. The Kier molecular flexibility index (Phi) is 5.19. The number of fused-ring (bicyclic) bond motifs is 1. The highest BCUT2D eigenvalue weighted by atomic mass is 35.5. The molecule has 5 heteroatoms. The van der Waals surface area contributed by atoms with Crippen LogP contribution in [0.15, 0.2) is 72.8 Å². The summed E-state index contributed by atoms with van der Waals surface area (Å²) in [7, 11) is 1.63. The lowest BCUT2D eigenvalue weighted by Crippen LogP contribution is -2.14. The number of methoxy groups -OCH3 is 1. The predicted molar refractivity (Wildman–Crippen MR) is 118 cm³/mol. The Morgan fingerprint density at radius 1 is 1.00 bits per heavy atom. The molecule has 4 aromatic rings. The van der Waals surface area contributed by atoms with Gasteiger partial charge >= 0.3 is 0 Å². The van der Waals surface area contributed by atoms with E-state index in [1.165, 1.54) is 0 Å². The topological polar surface area (TPSA) is 51.2 Å². The molecule has 29 heavy (non-hydrogen) atoms. The van der Waals surface area contributed by atoms with E-state index in [1.807, 2.05) is 73.7 Å². The van der Waals surface area contributed by atoms with Crippen molar-refractivity contribution in [2.24, 2.45) is 0 Å². The molecule has 0 aliphatic rings. The van der Waals surface area contributed by atoms with E-state index < -0.39 is 0 Å². The standard InChI is InChI=1S/C24H19ClN2O2/c1-15-20(25)7-5-9-21(15)27-24(28)19-14-23(16-10-12-17(29-2)13-11-16)26-22-8-4-3-6-18(19)22/h3-14H,1-2H3,(H,27,28). The zero-order valence-corrected chi connectivity index (χ0v) is 16.8. The molecule has 0 aliphatic carbocycles. The first-order valence-electron chi connectivity index (χ1n) is 9.17. The van der Waals surface area contributed by atoms with Gasteiger partial charge in [0.05, 0.1) is 23.9 Å². The Morgan fingerprint density at radius 3 is 2.52 bits per heavy atom. The first-order chi connectivity index (χ1) is 14.1. The number of ether oxygens (including phenoxy) is 1. The molecule has 0 unspecified atom stereocenters. The molecule has 4 rings (SSSR count). The van der Waals surface area contributed by atoms with Crippen LogP contribution in [0.2, 0.25) is 5.02 Å². The van der Waals surface area contributed by atoms with Crippen LogP contribution < -0.4 is 10.1 Å². The third kappa shape index (κ3) is 3.80. The van der Waals surface area contributed by atoms with E-state index in [1.54, 1.807) is 13.2 Å². The molecule has 1 aromatic heterocycles. The Balaban J connectivity index is 1.79. The van der Waals surface area contributed by atoms with E-state index >= 15 is 0 Å². The van der Waals surface area contributed by atoms with E-state index in [9.17, 15) is 4.79 Å². The van der Waals surface area contributed by atoms with E-state index in [0.29, 0.717) is 16.3 Å². The van der Waals surface area contributed by atoms with Gasteiger partial charge in [-0.3, -0.25) is 4.79 Å². The van der Waals surface area contributed by atoms with Gasteiger partial charge in [0.2, 0.25) is 0 Å². The lowest BCUT2D eigenvalue weighted by atomic mass is 10.0. The number of halogens is 1. The first-order valence-corrected chi connectivity index (χ1v) is 9.55. The summed E-state index contributed by atoms with van der Waals surface area (Å²) in [4.78, 5) is 17.9. The van der Waals surface area contributed by atoms with Gasteiger partial charge in [-0.25, -0.2) is 4.98 Å². The van der Waals surface area contributed by atoms with Gasteiger partial charge in [0.25, 0.3) is 5.91 Å². The van der Waals surface area contributed by atoms with E-state index in [0.717, 1.165) is 33.5 Å². The van der Waals surface area contributed by atoms with E-state index in [-0.39, 0.29) is 5.91 Å². The average Bonchev–Trinajstić information content (AvgIpc) is 2.76. The van der Waals surface area contributed by atoms with Crippen molar-refractivity contribution in [3.63, 3.8) is 0 Å². The molecule has 0 fully saturated rings. The Morgan fingerprint density at radius 2 is 1.76 bits per heavy atom. The van der Waals surface area contributed by atoms with Crippen LogP contribution in [-0.2, 0) is 0 Å². The fraction of sp³-hybridized carbons (Fsp3) is 0.0833. The number of carbonyl (C=O) groups is 1. The van der Waals surface area contributed by atoms with Crippen LogP contribution in [-0.4, -0.2) is 18.0 Å². The molecular weight excluding hydrogens is 384 g/mol. The number of carbonyl (C=O) groups excluding carboxylic acids is 1. The second-order valence-corrected chi connectivity index (χ2v) is 7.07. The monoisotopic (exact) mass is 402 g/mol. The SMILES string of the molecule is COc1ccc(-c2cc(C(=O)Nc3cccc(Cl)c3C)c3ccccc3n2)cc1. The Bertz CT molecular complexity index is 1200. The number of rotatable bonds is 4. The number of anilines is 1. The molecule has 1 N–H and O–H groups in total. The van der Waals surface area contributed by atoms with Crippen molar-refractivity contribution in [2.75, 3.05) is 12.4 Å². The Labute approximate surface area is 174 Å². The third-order valence-electron chi connectivity index (χ3n) is 4.86. The largest absolute Gasteiger partial charge is 0.497 e. The van der Waals surface area contributed by atoms with Crippen molar-refractivity contribution >= 4 is 34.1 Å². The zero-order valence-electron chi connectivity index (χ0n) is 16.1. The maximum atomic E-state index is 13.2. The van der Waals surface area contributed by atoms with Gasteiger partial charge in [-0.1, -0.05) is 35.9 Å². The number of nitrogens with zero attached hydrogens (tertiary/aromatic N) is 1. The zero-order chi connectivity index (χ0) is 20.4. The van der Waals surface area contributed by atoms with Crippen LogP contribution >= 0.6 is 11.6 Å². The average molecular weight is 403 g/mol. The highest BCUT2D eigenvalue weighted by molar-refractivity contribution is 6.31. The molecular formula is C24H19ClN2O2. The van der Waals surface area contributed by atoms with Crippen molar-refractivity contribution in [3.8, 4) is 17.0 Å².